The summed E-state index contributed by atoms with van der Waals surface area (Å²) in [4.78, 5) is 28.3. The molecule has 0 atom stereocenters. The summed E-state index contributed by atoms with van der Waals surface area (Å²) in [6.45, 7) is 1.26. The van der Waals surface area contributed by atoms with Crippen LogP contribution in [0.4, 0.5) is 0 Å². The predicted molar refractivity (Wildman–Crippen MR) is 97.5 cm³/mol. The Hall–Kier alpha value is -2.93. The fraction of sp³-hybridized carbons (Fsp3) is 0.316. The molecule has 1 aromatic heterocycles. The molecule has 7 nitrogen and oxygen atoms in total. The van der Waals surface area contributed by atoms with E-state index in [4.69, 9.17) is 9.47 Å². The topological polar surface area (TPSA) is 89.5 Å². The lowest BCUT2D eigenvalue weighted by Crippen LogP contribution is -2.29. The fourth-order valence-electron chi connectivity index (χ4n) is 2.38. The number of benzene rings is 1. The van der Waals surface area contributed by atoms with Crippen molar-refractivity contribution in [2.45, 2.75) is 6.42 Å². The number of aromatic nitrogens is 1. The molecule has 1 aromatic carbocycles. The molecule has 2 N–H and O–H groups in total. The second kappa shape index (κ2) is 10.1. The van der Waals surface area contributed by atoms with Gasteiger partial charge in [0.25, 0.3) is 11.8 Å². The average molecular weight is 357 g/mol. The first-order valence-electron chi connectivity index (χ1n) is 8.29. The van der Waals surface area contributed by atoms with Crippen LogP contribution in [0.5, 0.6) is 5.75 Å². The van der Waals surface area contributed by atoms with Gasteiger partial charge in [-0.15, -0.1) is 0 Å². The van der Waals surface area contributed by atoms with E-state index in [1.807, 2.05) is 24.3 Å². The van der Waals surface area contributed by atoms with Gasteiger partial charge < -0.3 is 20.1 Å². The molecule has 0 fully saturated rings. The number of carbonyl (C=O) groups is 2. The van der Waals surface area contributed by atoms with E-state index in [2.05, 4.69) is 15.6 Å². The van der Waals surface area contributed by atoms with E-state index in [9.17, 15) is 9.59 Å². The van der Waals surface area contributed by atoms with Gasteiger partial charge in [-0.1, -0.05) is 18.2 Å². The zero-order chi connectivity index (χ0) is 18.8. The highest BCUT2D eigenvalue weighted by atomic mass is 16.5. The zero-order valence-corrected chi connectivity index (χ0v) is 15.0. The summed E-state index contributed by atoms with van der Waals surface area (Å²) in [7, 11) is 3.18. The molecular formula is C19H23N3O4. The minimum atomic E-state index is -0.327. The highest BCUT2D eigenvalue weighted by Gasteiger charge is 2.12. The van der Waals surface area contributed by atoms with Crippen LogP contribution in [0, 0.1) is 0 Å². The number of rotatable bonds is 9. The van der Waals surface area contributed by atoms with Crippen LogP contribution in [0.1, 0.15) is 26.4 Å². The van der Waals surface area contributed by atoms with Gasteiger partial charge >= 0.3 is 0 Å². The number of pyridine rings is 1. The summed E-state index contributed by atoms with van der Waals surface area (Å²) in [6.07, 6.45) is 2.08. The molecule has 138 valence electrons. The summed E-state index contributed by atoms with van der Waals surface area (Å²) in [5.74, 6) is 0.188. The van der Waals surface area contributed by atoms with E-state index < -0.39 is 0 Å². The molecule has 0 spiro atoms. The number of hydrogen-bond donors (Lipinski definition) is 2. The van der Waals surface area contributed by atoms with Crippen molar-refractivity contribution in [3.8, 4) is 5.75 Å². The van der Waals surface area contributed by atoms with E-state index in [1.165, 1.54) is 12.3 Å². The monoisotopic (exact) mass is 357 g/mol. The van der Waals surface area contributed by atoms with Crippen molar-refractivity contribution in [1.29, 1.82) is 0 Å². The van der Waals surface area contributed by atoms with Gasteiger partial charge in [0.15, 0.2) is 0 Å². The Balaban J connectivity index is 1.91. The Morgan fingerprint density at radius 2 is 1.81 bits per heavy atom. The lowest BCUT2D eigenvalue weighted by molar-refractivity contribution is 0.0937. The largest absolute Gasteiger partial charge is 0.496 e. The number of carbonyl (C=O) groups excluding carboxylic acids is 2. The zero-order valence-electron chi connectivity index (χ0n) is 15.0. The molecule has 0 radical (unpaired) electrons. The number of para-hydroxylation sites is 1. The van der Waals surface area contributed by atoms with Gasteiger partial charge in [-0.3, -0.25) is 14.6 Å². The third kappa shape index (κ3) is 5.56. The van der Waals surface area contributed by atoms with Gasteiger partial charge in [-0.2, -0.15) is 0 Å². The Kier molecular flexibility index (Phi) is 7.57. The van der Waals surface area contributed by atoms with Crippen LogP contribution in [-0.2, 0) is 11.2 Å². The van der Waals surface area contributed by atoms with Crippen molar-refractivity contribution in [2.75, 3.05) is 33.9 Å². The van der Waals surface area contributed by atoms with Crippen molar-refractivity contribution in [1.82, 2.24) is 15.6 Å². The van der Waals surface area contributed by atoms with Gasteiger partial charge in [-0.25, -0.2) is 0 Å². The van der Waals surface area contributed by atoms with Gasteiger partial charge in [0.2, 0.25) is 0 Å². The lowest BCUT2D eigenvalue weighted by atomic mass is 10.1. The maximum absolute atomic E-state index is 12.3. The quantitative estimate of drug-likeness (QED) is 0.663. The highest BCUT2D eigenvalue weighted by molar-refractivity contribution is 5.98. The minimum Gasteiger partial charge on any atom is -0.496 e. The van der Waals surface area contributed by atoms with Crippen LogP contribution in [0.2, 0.25) is 0 Å². The molecule has 0 aliphatic heterocycles. The van der Waals surface area contributed by atoms with Gasteiger partial charge in [-0.05, 0) is 30.2 Å². The second-order valence-corrected chi connectivity index (χ2v) is 5.50. The first-order valence-corrected chi connectivity index (χ1v) is 8.29. The number of nitrogens with zero attached hydrogens (tertiary/aromatic N) is 1. The molecule has 7 heteroatoms. The average Bonchev–Trinajstić information content (AvgIpc) is 2.68. The van der Waals surface area contributed by atoms with E-state index in [0.29, 0.717) is 31.7 Å². The van der Waals surface area contributed by atoms with E-state index in [1.54, 1.807) is 20.3 Å². The predicted octanol–water partition coefficient (Wildman–Crippen LogP) is 1.44. The molecule has 0 bridgehead atoms. The summed E-state index contributed by atoms with van der Waals surface area (Å²) in [6, 6.07) is 10.7. The van der Waals surface area contributed by atoms with E-state index in [0.717, 1.165) is 11.3 Å². The fourth-order valence-corrected chi connectivity index (χ4v) is 2.38. The first-order chi connectivity index (χ1) is 12.7. The van der Waals surface area contributed by atoms with Gasteiger partial charge in [0.05, 0.1) is 13.7 Å². The Bertz CT molecular complexity index is 749. The SMILES string of the molecule is COCCNC(=O)c1ccnc(C(=O)NCCc2ccccc2OC)c1. The van der Waals surface area contributed by atoms with Crippen LogP contribution in [0.3, 0.4) is 0 Å². The van der Waals surface area contributed by atoms with E-state index >= 15 is 0 Å². The summed E-state index contributed by atoms with van der Waals surface area (Å²) < 4.78 is 10.2. The van der Waals surface area contributed by atoms with Crippen LogP contribution < -0.4 is 15.4 Å². The smallest absolute Gasteiger partial charge is 0.269 e. The standard InChI is InChI=1S/C19H23N3O4/c1-25-12-11-22-18(23)15-8-9-20-16(13-15)19(24)21-10-7-14-5-3-4-6-17(14)26-2/h3-6,8-9,13H,7,10-12H2,1-2H3,(H,21,24)(H,22,23). The Morgan fingerprint density at radius 1 is 1.04 bits per heavy atom. The minimum absolute atomic E-state index is 0.199. The molecular weight excluding hydrogens is 334 g/mol. The van der Waals surface area contributed by atoms with Gasteiger partial charge in [0, 0.05) is 32.0 Å². The molecule has 26 heavy (non-hydrogen) atoms. The number of hydrogen-bond acceptors (Lipinski definition) is 5. The van der Waals surface area contributed by atoms with E-state index in [-0.39, 0.29) is 17.5 Å². The number of methoxy groups -OCH3 is 2. The molecule has 2 amide bonds. The van der Waals surface area contributed by atoms with Crippen molar-refractivity contribution >= 4 is 11.8 Å². The number of amides is 2. The lowest BCUT2D eigenvalue weighted by Gasteiger charge is -2.09. The molecule has 1 heterocycles. The molecule has 2 rings (SSSR count). The molecule has 0 saturated carbocycles. The third-order valence-electron chi connectivity index (χ3n) is 3.72. The Labute approximate surface area is 152 Å². The molecule has 0 unspecified atom stereocenters. The Morgan fingerprint density at radius 3 is 2.58 bits per heavy atom. The second-order valence-electron chi connectivity index (χ2n) is 5.50. The number of nitrogens with one attached hydrogen (secondary N) is 2. The normalized spacial score (nSPS) is 10.2. The third-order valence-corrected chi connectivity index (χ3v) is 3.72. The van der Waals surface area contributed by atoms with Crippen molar-refractivity contribution in [2.24, 2.45) is 0 Å². The molecule has 0 aliphatic carbocycles. The van der Waals surface area contributed by atoms with Crippen LogP contribution in [0.25, 0.3) is 0 Å². The van der Waals surface area contributed by atoms with Gasteiger partial charge in [0.1, 0.15) is 11.4 Å². The number of ether oxygens (including phenoxy) is 2. The van der Waals surface area contributed by atoms with Crippen molar-refractivity contribution in [3.63, 3.8) is 0 Å². The van der Waals surface area contributed by atoms with Crippen LogP contribution >= 0.6 is 0 Å². The van der Waals surface area contributed by atoms with Crippen molar-refractivity contribution in [3.05, 3.63) is 59.4 Å². The van der Waals surface area contributed by atoms with Crippen molar-refractivity contribution < 1.29 is 19.1 Å². The maximum atomic E-state index is 12.3. The van der Waals surface area contributed by atoms with Crippen LogP contribution in [0.15, 0.2) is 42.6 Å². The highest BCUT2D eigenvalue weighted by Crippen LogP contribution is 2.17. The summed E-state index contributed by atoms with van der Waals surface area (Å²) in [5, 5.41) is 5.51. The summed E-state index contributed by atoms with van der Waals surface area (Å²) in [5.41, 5.74) is 1.59. The molecule has 2 aromatic rings. The molecule has 0 saturated heterocycles. The maximum Gasteiger partial charge on any atom is 0.269 e. The first kappa shape index (κ1) is 19.4. The summed E-state index contributed by atoms with van der Waals surface area (Å²) >= 11 is 0. The van der Waals surface area contributed by atoms with Crippen LogP contribution in [-0.4, -0.2) is 50.7 Å². The molecule has 0 aliphatic rings.